The van der Waals surface area contributed by atoms with Gasteiger partial charge in [0.05, 0.1) is 17.1 Å². The largest absolute Gasteiger partial charge is 0.508 e. The fraction of sp³-hybridized carbons (Fsp3) is 0.0417. The highest BCUT2D eigenvalue weighted by Gasteiger charge is 2.31. The van der Waals surface area contributed by atoms with E-state index in [0.29, 0.717) is 23.1 Å². The Bertz CT molecular complexity index is 1430. The van der Waals surface area contributed by atoms with Crippen LogP contribution in [0.4, 0.5) is 0 Å². The van der Waals surface area contributed by atoms with Crippen LogP contribution >= 0.6 is 0 Å². The number of hydrogen-bond acceptors (Lipinski definition) is 6. The molecule has 0 saturated heterocycles. The lowest BCUT2D eigenvalue weighted by Crippen LogP contribution is -1.99. The Kier molecular flexibility index (Phi) is 4.19. The molecule has 0 fully saturated rings. The van der Waals surface area contributed by atoms with E-state index in [1.807, 2.05) is 35.0 Å². The van der Waals surface area contributed by atoms with E-state index in [1.54, 1.807) is 24.5 Å². The number of fused-ring (bicyclic) bond motifs is 2. The van der Waals surface area contributed by atoms with Gasteiger partial charge in [-0.25, -0.2) is 0 Å². The van der Waals surface area contributed by atoms with Crippen molar-refractivity contribution in [3.8, 4) is 23.3 Å². The molecule has 5 rings (SSSR count). The molecule has 4 aromatic rings. The number of ether oxygens (including phenoxy) is 1. The zero-order valence-corrected chi connectivity index (χ0v) is 16.1. The fourth-order valence-corrected chi connectivity index (χ4v) is 3.82. The Balaban J connectivity index is 1.65. The third kappa shape index (κ3) is 3.07. The molecule has 0 radical (unpaired) electrons. The molecule has 2 N–H and O–H groups in total. The van der Waals surface area contributed by atoms with Crippen molar-refractivity contribution >= 4 is 22.8 Å². The first-order valence-corrected chi connectivity index (χ1v) is 9.46. The minimum atomic E-state index is -0.489. The predicted molar refractivity (Wildman–Crippen MR) is 113 cm³/mol. The maximum Gasteiger partial charge on any atom is 0.235 e. The van der Waals surface area contributed by atoms with Gasteiger partial charge in [-0.15, -0.1) is 0 Å². The first-order chi connectivity index (χ1) is 15.0. The molecule has 7 heteroatoms. The number of ketones is 1. The molecule has 2 aromatic heterocycles. The maximum absolute atomic E-state index is 12.8. The van der Waals surface area contributed by atoms with Crippen LogP contribution in [0.5, 0.6) is 17.2 Å². The van der Waals surface area contributed by atoms with Crippen molar-refractivity contribution in [2.75, 3.05) is 0 Å². The summed E-state index contributed by atoms with van der Waals surface area (Å²) in [5.41, 5.74) is 2.99. The number of benzene rings is 2. The van der Waals surface area contributed by atoms with Gasteiger partial charge in [0.15, 0.2) is 5.76 Å². The molecule has 7 nitrogen and oxygen atoms in total. The molecule has 1 aliphatic heterocycles. The number of nitrogens with zero attached hydrogens (tertiary/aromatic N) is 3. The quantitative estimate of drug-likeness (QED) is 0.496. The van der Waals surface area contributed by atoms with Crippen molar-refractivity contribution < 1.29 is 19.7 Å². The number of nitriles is 1. The summed E-state index contributed by atoms with van der Waals surface area (Å²) in [6, 6.07) is 13.8. The van der Waals surface area contributed by atoms with Gasteiger partial charge in [0.2, 0.25) is 5.78 Å². The first kappa shape index (κ1) is 18.5. The number of phenols is 2. The number of aromatic nitrogens is 2. The number of carbonyl (C=O) groups excluding carboxylic acids is 1. The van der Waals surface area contributed by atoms with Gasteiger partial charge < -0.3 is 19.5 Å². The van der Waals surface area contributed by atoms with Gasteiger partial charge in [0, 0.05) is 48.2 Å². The topological polar surface area (TPSA) is 108 Å². The summed E-state index contributed by atoms with van der Waals surface area (Å²) in [6.07, 6.45) is 6.85. The molecule has 0 aliphatic carbocycles. The van der Waals surface area contributed by atoms with E-state index in [-0.39, 0.29) is 28.6 Å². The van der Waals surface area contributed by atoms with Gasteiger partial charge in [-0.2, -0.15) is 5.26 Å². The molecule has 0 spiro atoms. The van der Waals surface area contributed by atoms with E-state index in [0.717, 1.165) is 17.1 Å². The number of allylic oxidation sites excluding steroid dienone is 1. The van der Waals surface area contributed by atoms with E-state index in [1.165, 1.54) is 6.07 Å². The van der Waals surface area contributed by atoms with Crippen LogP contribution in [0, 0.1) is 11.3 Å². The molecule has 0 bridgehead atoms. The lowest BCUT2D eigenvalue weighted by Gasteiger charge is -2.05. The summed E-state index contributed by atoms with van der Waals surface area (Å²) in [6.45, 7) is 0.556. The monoisotopic (exact) mass is 409 g/mol. The Labute approximate surface area is 176 Å². The Morgan fingerprint density at radius 3 is 2.74 bits per heavy atom. The van der Waals surface area contributed by atoms with Crippen molar-refractivity contribution in [2.45, 2.75) is 6.54 Å². The summed E-state index contributed by atoms with van der Waals surface area (Å²) >= 11 is 0. The SMILES string of the molecule is N#Cc1cccc2c1c(/C=C1/Oc3cc(O)cc(O)c3C1=O)cn2Cc1ccncc1. The van der Waals surface area contributed by atoms with E-state index < -0.39 is 5.78 Å². The molecule has 31 heavy (non-hydrogen) atoms. The Morgan fingerprint density at radius 2 is 1.97 bits per heavy atom. The minimum absolute atomic E-state index is 0.00470. The molecule has 0 unspecified atom stereocenters. The van der Waals surface area contributed by atoms with Gasteiger partial charge >= 0.3 is 0 Å². The number of Topliss-reactive ketones (excluding diaryl/α,β-unsaturated/α-hetero) is 1. The molecule has 150 valence electrons. The summed E-state index contributed by atoms with van der Waals surface area (Å²) < 4.78 is 7.62. The molecular weight excluding hydrogens is 394 g/mol. The van der Waals surface area contributed by atoms with Crippen LogP contribution in [0.1, 0.15) is 27.0 Å². The zero-order chi connectivity index (χ0) is 21.5. The minimum Gasteiger partial charge on any atom is -0.508 e. The van der Waals surface area contributed by atoms with Crippen LogP contribution in [-0.4, -0.2) is 25.5 Å². The Hall–Kier alpha value is -4.57. The fourth-order valence-electron chi connectivity index (χ4n) is 3.82. The second-order valence-electron chi connectivity index (χ2n) is 7.16. The van der Waals surface area contributed by atoms with Gasteiger partial charge in [0.1, 0.15) is 22.8 Å². The molecule has 2 aromatic carbocycles. The van der Waals surface area contributed by atoms with E-state index in [2.05, 4.69) is 11.1 Å². The average Bonchev–Trinajstić information content (AvgIpc) is 3.26. The number of carbonyl (C=O) groups is 1. The number of rotatable bonds is 3. The maximum atomic E-state index is 12.8. The van der Waals surface area contributed by atoms with Crippen molar-refractivity contribution in [1.82, 2.24) is 9.55 Å². The van der Waals surface area contributed by atoms with Crippen molar-refractivity contribution in [1.29, 1.82) is 5.26 Å². The second-order valence-corrected chi connectivity index (χ2v) is 7.16. The van der Waals surface area contributed by atoms with Crippen molar-refractivity contribution in [2.24, 2.45) is 0 Å². The number of hydrogen-bond donors (Lipinski definition) is 2. The standard InChI is InChI=1S/C24H15N3O4/c25-11-15-2-1-3-18-22(15)16(13-27(18)12-14-4-6-26-7-5-14)8-21-24(30)23-19(29)9-17(28)10-20(23)31-21/h1-10,13,28-29H,12H2/b21-8+. The van der Waals surface area contributed by atoms with Gasteiger partial charge in [0.25, 0.3) is 0 Å². The highest BCUT2D eigenvalue weighted by molar-refractivity contribution is 6.17. The van der Waals surface area contributed by atoms with Crippen LogP contribution in [-0.2, 0) is 6.54 Å². The van der Waals surface area contributed by atoms with Crippen LogP contribution in [0.3, 0.4) is 0 Å². The Morgan fingerprint density at radius 1 is 1.16 bits per heavy atom. The first-order valence-electron chi connectivity index (χ1n) is 9.46. The van der Waals surface area contributed by atoms with Crippen LogP contribution in [0.2, 0.25) is 0 Å². The van der Waals surface area contributed by atoms with Gasteiger partial charge in [-0.1, -0.05) is 6.07 Å². The number of phenolic OH excluding ortho intramolecular Hbond substituents is 2. The van der Waals surface area contributed by atoms with Crippen LogP contribution in [0.25, 0.3) is 17.0 Å². The molecule has 0 amide bonds. The third-order valence-corrected chi connectivity index (χ3v) is 5.18. The van der Waals surface area contributed by atoms with Gasteiger partial charge in [-0.05, 0) is 35.9 Å². The molecule has 3 heterocycles. The van der Waals surface area contributed by atoms with Gasteiger partial charge in [-0.3, -0.25) is 9.78 Å². The number of pyridine rings is 1. The van der Waals surface area contributed by atoms with Crippen molar-refractivity contribution in [3.63, 3.8) is 0 Å². The number of aromatic hydroxyl groups is 2. The lowest BCUT2D eigenvalue weighted by molar-refractivity contribution is 0.101. The molecule has 0 atom stereocenters. The molecule has 1 aliphatic rings. The van der Waals surface area contributed by atoms with Crippen LogP contribution in [0.15, 0.2) is 66.8 Å². The summed E-state index contributed by atoms with van der Waals surface area (Å²) in [5.74, 6) is -0.939. The smallest absolute Gasteiger partial charge is 0.235 e. The molecular formula is C24H15N3O4. The molecule has 0 saturated carbocycles. The summed E-state index contributed by atoms with van der Waals surface area (Å²) in [4.78, 5) is 16.8. The zero-order valence-electron chi connectivity index (χ0n) is 16.1. The highest BCUT2D eigenvalue weighted by Crippen LogP contribution is 2.41. The summed E-state index contributed by atoms with van der Waals surface area (Å²) in [7, 11) is 0. The van der Waals surface area contributed by atoms with E-state index >= 15 is 0 Å². The third-order valence-electron chi connectivity index (χ3n) is 5.18. The second kappa shape index (κ2) is 7.04. The van der Waals surface area contributed by atoms with E-state index in [4.69, 9.17) is 4.74 Å². The normalized spacial score (nSPS) is 13.9. The van der Waals surface area contributed by atoms with Crippen molar-refractivity contribution in [3.05, 3.63) is 89.1 Å². The van der Waals surface area contributed by atoms with E-state index in [9.17, 15) is 20.3 Å². The summed E-state index contributed by atoms with van der Waals surface area (Å²) in [5, 5.41) is 30.1. The van der Waals surface area contributed by atoms with Crippen LogP contribution < -0.4 is 4.74 Å². The average molecular weight is 409 g/mol. The lowest BCUT2D eigenvalue weighted by atomic mass is 10.0. The highest BCUT2D eigenvalue weighted by atomic mass is 16.5. The predicted octanol–water partition coefficient (Wildman–Crippen LogP) is 3.98.